The molecule has 6 heteroatoms. The van der Waals surface area contributed by atoms with Gasteiger partial charge >= 0.3 is 0 Å². The molecule has 2 heterocycles. The molecule has 90 valence electrons. The Morgan fingerprint density at radius 3 is 2.89 bits per heavy atom. The highest BCUT2D eigenvalue weighted by atomic mass is 32.2. The van der Waals surface area contributed by atoms with Crippen molar-refractivity contribution >= 4 is 28.4 Å². The fourth-order valence-corrected chi connectivity index (χ4v) is 2.59. The van der Waals surface area contributed by atoms with Crippen LogP contribution in [0.25, 0.3) is 10.9 Å². The van der Waals surface area contributed by atoms with Crippen LogP contribution in [-0.4, -0.2) is 19.7 Å². The molecule has 0 unspecified atom stereocenters. The van der Waals surface area contributed by atoms with Gasteiger partial charge in [0.15, 0.2) is 5.16 Å². The van der Waals surface area contributed by atoms with Crippen molar-refractivity contribution < 1.29 is 0 Å². The summed E-state index contributed by atoms with van der Waals surface area (Å²) in [5, 5.41) is 5.97. The third kappa shape index (κ3) is 1.91. The van der Waals surface area contributed by atoms with Crippen molar-refractivity contribution in [3.05, 3.63) is 36.8 Å². The minimum Gasteiger partial charge on any atom is -0.399 e. The van der Waals surface area contributed by atoms with E-state index in [2.05, 4.69) is 15.1 Å². The standard InChI is InChI=1S/C12H11N5S/c1-17-12(15-7-16-17)18-11-4-5-14-10-6-8(13)2-3-9(10)11/h2-7H,13H2,1H3. The van der Waals surface area contributed by atoms with Crippen LogP contribution in [0, 0.1) is 0 Å². The Labute approximate surface area is 108 Å². The van der Waals surface area contributed by atoms with Gasteiger partial charge < -0.3 is 5.73 Å². The minimum atomic E-state index is 0.718. The molecule has 0 fully saturated rings. The zero-order valence-electron chi connectivity index (χ0n) is 9.74. The van der Waals surface area contributed by atoms with Crippen LogP contribution in [0.3, 0.4) is 0 Å². The Morgan fingerprint density at radius 1 is 1.22 bits per heavy atom. The SMILES string of the molecule is Cn1ncnc1Sc1ccnc2cc(N)ccc12. The van der Waals surface area contributed by atoms with Crippen LogP contribution in [-0.2, 0) is 7.05 Å². The largest absolute Gasteiger partial charge is 0.399 e. The molecule has 0 aliphatic carbocycles. The number of aromatic nitrogens is 4. The summed E-state index contributed by atoms with van der Waals surface area (Å²) in [6, 6.07) is 7.70. The summed E-state index contributed by atoms with van der Waals surface area (Å²) >= 11 is 1.56. The second-order valence-corrected chi connectivity index (χ2v) is 4.86. The Hall–Kier alpha value is -2.08. The van der Waals surface area contributed by atoms with Gasteiger partial charge in [-0.2, -0.15) is 5.10 Å². The lowest BCUT2D eigenvalue weighted by Crippen LogP contribution is -1.93. The molecule has 3 aromatic rings. The number of nitrogens with two attached hydrogens (primary N) is 1. The molecule has 2 aromatic heterocycles. The van der Waals surface area contributed by atoms with Crippen molar-refractivity contribution in [1.29, 1.82) is 0 Å². The lowest BCUT2D eigenvalue weighted by atomic mass is 10.2. The van der Waals surface area contributed by atoms with E-state index in [1.807, 2.05) is 31.3 Å². The molecule has 0 aliphatic heterocycles. The number of fused-ring (bicyclic) bond motifs is 1. The van der Waals surface area contributed by atoms with E-state index >= 15 is 0 Å². The Kier molecular flexibility index (Phi) is 2.64. The first-order chi connectivity index (χ1) is 8.74. The molecular weight excluding hydrogens is 246 g/mol. The van der Waals surface area contributed by atoms with Crippen LogP contribution in [0.4, 0.5) is 5.69 Å². The number of hydrogen-bond donors (Lipinski definition) is 1. The lowest BCUT2D eigenvalue weighted by molar-refractivity contribution is 0.685. The molecule has 0 bridgehead atoms. The quantitative estimate of drug-likeness (QED) is 0.712. The third-order valence-electron chi connectivity index (χ3n) is 2.60. The van der Waals surface area contributed by atoms with Crippen LogP contribution in [0.1, 0.15) is 0 Å². The van der Waals surface area contributed by atoms with E-state index in [0.29, 0.717) is 0 Å². The van der Waals surface area contributed by atoms with Gasteiger partial charge in [-0.3, -0.25) is 4.98 Å². The van der Waals surface area contributed by atoms with Gasteiger partial charge in [0.25, 0.3) is 0 Å². The summed E-state index contributed by atoms with van der Waals surface area (Å²) in [6.45, 7) is 0. The molecule has 0 saturated carbocycles. The second-order valence-electron chi connectivity index (χ2n) is 3.85. The van der Waals surface area contributed by atoms with Crippen molar-refractivity contribution in [2.45, 2.75) is 10.1 Å². The van der Waals surface area contributed by atoms with Gasteiger partial charge in [-0.05, 0) is 36.0 Å². The van der Waals surface area contributed by atoms with E-state index in [4.69, 9.17) is 5.73 Å². The molecule has 1 aromatic carbocycles. The summed E-state index contributed by atoms with van der Waals surface area (Å²) in [5.74, 6) is 0. The Bertz CT molecular complexity index is 707. The Morgan fingerprint density at radius 2 is 2.11 bits per heavy atom. The lowest BCUT2D eigenvalue weighted by Gasteiger charge is -2.05. The smallest absolute Gasteiger partial charge is 0.190 e. The molecule has 3 rings (SSSR count). The van der Waals surface area contributed by atoms with E-state index in [1.165, 1.54) is 0 Å². The maximum Gasteiger partial charge on any atom is 0.190 e. The van der Waals surface area contributed by atoms with Crippen LogP contribution >= 0.6 is 11.8 Å². The maximum atomic E-state index is 5.76. The third-order valence-corrected chi connectivity index (χ3v) is 3.73. The molecule has 0 saturated heterocycles. The molecule has 5 nitrogen and oxygen atoms in total. The first-order valence-corrected chi connectivity index (χ1v) is 6.22. The van der Waals surface area contributed by atoms with Gasteiger partial charge in [0.05, 0.1) is 5.52 Å². The van der Waals surface area contributed by atoms with Crippen LogP contribution in [0.2, 0.25) is 0 Å². The van der Waals surface area contributed by atoms with E-state index in [1.54, 1.807) is 29.0 Å². The number of pyridine rings is 1. The fourth-order valence-electron chi connectivity index (χ4n) is 1.70. The minimum absolute atomic E-state index is 0.718. The molecule has 0 radical (unpaired) electrons. The fraction of sp³-hybridized carbons (Fsp3) is 0.0833. The van der Waals surface area contributed by atoms with Crippen LogP contribution in [0.5, 0.6) is 0 Å². The Balaban J connectivity index is 2.09. The number of nitrogen functional groups attached to an aromatic ring is 1. The van der Waals surface area contributed by atoms with Gasteiger partial charge in [-0.15, -0.1) is 0 Å². The molecule has 18 heavy (non-hydrogen) atoms. The van der Waals surface area contributed by atoms with Crippen molar-refractivity contribution in [2.75, 3.05) is 5.73 Å². The molecular formula is C12H11N5S. The van der Waals surface area contributed by atoms with Gasteiger partial charge in [0.2, 0.25) is 0 Å². The van der Waals surface area contributed by atoms with Crippen molar-refractivity contribution in [3.63, 3.8) is 0 Å². The van der Waals surface area contributed by atoms with Crippen LogP contribution in [0.15, 0.2) is 46.8 Å². The summed E-state index contributed by atoms with van der Waals surface area (Å²) in [5.41, 5.74) is 7.37. The van der Waals surface area contributed by atoms with Crippen LogP contribution < -0.4 is 5.73 Å². The second kappa shape index (κ2) is 4.30. The maximum absolute atomic E-state index is 5.76. The number of benzene rings is 1. The summed E-state index contributed by atoms with van der Waals surface area (Å²) in [7, 11) is 1.87. The first kappa shape index (κ1) is 11.0. The number of hydrogen-bond acceptors (Lipinski definition) is 5. The highest BCUT2D eigenvalue weighted by Crippen LogP contribution is 2.31. The topological polar surface area (TPSA) is 69.6 Å². The first-order valence-electron chi connectivity index (χ1n) is 5.40. The zero-order chi connectivity index (χ0) is 12.5. The zero-order valence-corrected chi connectivity index (χ0v) is 10.6. The predicted octanol–water partition coefficient (Wildman–Crippen LogP) is 2.10. The van der Waals surface area contributed by atoms with Crippen molar-refractivity contribution in [1.82, 2.24) is 19.7 Å². The molecule has 0 atom stereocenters. The molecule has 2 N–H and O–H groups in total. The molecule has 0 amide bonds. The summed E-state index contributed by atoms with van der Waals surface area (Å²) < 4.78 is 1.74. The number of aryl methyl sites for hydroxylation is 1. The molecule has 0 aliphatic rings. The highest BCUT2D eigenvalue weighted by Gasteiger charge is 2.07. The molecule has 0 spiro atoms. The van der Waals surface area contributed by atoms with E-state index in [-0.39, 0.29) is 0 Å². The van der Waals surface area contributed by atoms with E-state index < -0.39 is 0 Å². The van der Waals surface area contributed by atoms with Gasteiger partial charge in [-0.1, -0.05) is 0 Å². The summed E-state index contributed by atoms with van der Waals surface area (Å²) in [4.78, 5) is 9.62. The van der Waals surface area contributed by atoms with Crippen molar-refractivity contribution in [3.8, 4) is 0 Å². The predicted molar refractivity (Wildman–Crippen MR) is 71.3 cm³/mol. The summed E-state index contributed by atoms with van der Waals surface area (Å²) in [6.07, 6.45) is 3.32. The number of nitrogens with zero attached hydrogens (tertiary/aromatic N) is 4. The monoisotopic (exact) mass is 257 g/mol. The van der Waals surface area contributed by atoms with Gasteiger partial charge in [0.1, 0.15) is 6.33 Å². The van der Waals surface area contributed by atoms with Gasteiger partial charge in [0, 0.05) is 29.2 Å². The normalized spacial score (nSPS) is 10.9. The van der Waals surface area contributed by atoms with E-state index in [0.717, 1.165) is 26.6 Å². The van der Waals surface area contributed by atoms with Gasteiger partial charge in [-0.25, -0.2) is 9.67 Å². The highest BCUT2D eigenvalue weighted by molar-refractivity contribution is 7.99. The van der Waals surface area contributed by atoms with Crippen molar-refractivity contribution in [2.24, 2.45) is 7.05 Å². The average molecular weight is 257 g/mol. The number of rotatable bonds is 2. The number of anilines is 1. The average Bonchev–Trinajstić information content (AvgIpc) is 2.75. The van der Waals surface area contributed by atoms with E-state index in [9.17, 15) is 0 Å².